The van der Waals surface area contributed by atoms with E-state index in [1.54, 1.807) is 7.11 Å². The zero-order valence-electron chi connectivity index (χ0n) is 9.08. The minimum atomic E-state index is 0.558. The number of nitrogens with one attached hydrogen (secondary N) is 1. The maximum Gasteiger partial charge on any atom is 0.198 e. The fourth-order valence-electron chi connectivity index (χ4n) is 1.63. The summed E-state index contributed by atoms with van der Waals surface area (Å²) in [6, 6.07) is 9.54. The van der Waals surface area contributed by atoms with E-state index in [1.165, 1.54) is 0 Å². The number of aromatic amines is 1. The standard InChI is InChI=1S/C11H9N5O/c1-17-8-3-5-9-7(6-8)2-4-10(12-9)11-13-15-16-14-11/h2-6H,1H3,(H,13,14,15,16). The fraction of sp³-hybridized carbons (Fsp3) is 0.0909. The average Bonchev–Trinajstić information content (AvgIpc) is 2.91. The Labute approximate surface area is 96.6 Å². The normalized spacial score (nSPS) is 10.6. The Morgan fingerprint density at radius 3 is 2.88 bits per heavy atom. The first-order valence-corrected chi connectivity index (χ1v) is 5.06. The minimum absolute atomic E-state index is 0.558. The van der Waals surface area contributed by atoms with Gasteiger partial charge in [-0.15, -0.1) is 5.10 Å². The van der Waals surface area contributed by atoms with E-state index in [0.29, 0.717) is 11.5 Å². The molecule has 17 heavy (non-hydrogen) atoms. The van der Waals surface area contributed by atoms with E-state index in [0.717, 1.165) is 16.7 Å². The van der Waals surface area contributed by atoms with Crippen LogP contribution in [-0.2, 0) is 0 Å². The van der Waals surface area contributed by atoms with Gasteiger partial charge >= 0.3 is 0 Å². The fourth-order valence-corrected chi connectivity index (χ4v) is 1.63. The third kappa shape index (κ3) is 1.69. The Bertz CT molecular complexity index is 650. The topological polar surface area (TPSA) is 76.6 Å². The molecule has 1 aromatic carbocycles. The maximum absolute atomic E-state index is 5.16. The number of ether oxygens (including phenoxy) is 1. The smallest absolute Gasteiger partial charge is 0.198 e. The molecular weight excluding hydrogens is 218 g/mol. The van der Waals surface area contributed by atoms with E-state index in [-0.39, 0.29) is 0 Å². The molecule has 6 heteroatoms. The van der Waals surface area contributed by atoms with Crippen molar-refractivity contribution in [2.24, 2.45) is 0 Å². The van der Waals surface area contributed by atoms with Gasteiger partial charge < -0.3 is 4.74 Å². The third-order valence-electron chi connectivity index (χ3n) is 2.48. The van der Waals surface area contributed by atoms with Crippen molar-refractivity contribution >= 4 is 10.9 Å². The van der Waals surface area contributed by atoms with Crippen LogP contribution in [0.2, 0.25) is 0 Å². The summed E-state index contributed by atoms with van der Waals surface area (Å²) in [6.07, 6.45) is 0. The van der Waals surface area contributed by atoms with Crippen molar-refractivity contribution in [2.45, 2.75) is 0 Å². The summed E-state index contributed by atoms with van der Waals surface area (Å²) in [7, 11) is 1.64. The lowest BCUT2D eigenvalue weighted by molar-refractivity contribution is 0.415. The van der Waals surface area contributed by atoms with Crippen LogP contribution >= 0.6 is 0 Å². The second-order valence-corrected chi connectivity index (χ2v) is 3.50. The summed E-state index contributed by atoms with van der Waals surface area (Å²) >= 11 is 0. The van der Waals surface area contributed by atoms with E-state index in [1.807, 2.05) is 30.3 Å². The number of hydrogen-bond acceptors (Lipinski definition) is 5. The first kappa shape index (κ1) is 9.71. The van der Waals surface area contributed by atoms with Gasteiger partial charge in [0.15, 0.2) is 5.82 Å². The number of benzene rings is 1. The van der Waals surface area contributed by atoms with E-state index >= 15 is 0 Å². The van der Waals surface area contributed by atoms with Crippen molar-refractivity contribution in [3.63, 3.8) is 0 Å². The van der Waals surface area contributed by atoms with Gasteiger partial charge in [-0.3, -0.25) is 0 Å². The predicted molar refractivity (Wildman–Crippen MR) is 61.5 cm³/mol. The molecule has 84 valence electrons. The lowest BCUT2D eigenvalue weighted by Crippen LogP contribution is -1.88. The summed E-state index contributed by atoms with van der Waals surface area (Å²) in [5.74, 6) is 1.37. The SMILES string of the molecule is COc1ccc2nc(-c3nnn[nH]3)ccc2c1. The number of tetrazole rings is 1. The minimum Gasteiger partial charge on any atom is -0.497 e. The molecule has 3 aromatic rings. The molecule has 0 aliphatic heterocycles. The van der Waals surface area contributed by atoms with Crippen LogP contribution in [0.25, 0.3) is 22.4 Å². The summed E-state index contributed by atoms with van der Waals surface area (Å²) in [6.45, 7) is 0. The summed E-state index contributed by atoms with van der Waals surface area (Å²) in [5.41, 5.74) is 1.59. The Balaban J connectivity index is 2.14. The van der Waals surface area contributed by atoms with Gasteiger partial charge in [0.05, 0.1) is 12.6 Å². The lowest BCUT2D eigenvalue weighted by Gasteiger charge is -2.02. The Kier molecular flexibility index (Phi) is 2.18. The molecule has 6 nitrogen and oxygen atoms in total. The molecule has 0 aliphatic carbocycles. The van der Waals surface area contributed by atoms with E-state index in [2.05, 4.69) is 25.6 Å². The van der Waals surface area contributed by atoms with Crippen LogP contribution in [0.3, 0.4) is 0 Å². The second kappa shape index (κ2) is 3.82. The molecule has 2 heterocycles. The Morgan fingerprint density at radius 2 is 2.12 bits per heavy atom. The van der Waals surface area contributed by atoms with Gasteiger partial charge in [-0.2, -0.15) is 0 Å². The van der Waals surface area contributed by atoms with Crippen molar-refractivity contribution in [2.75, 3.05) is 7.11 Å². The number of rotatable bonds is 2. The number of aromatic nitrogens is 5. The molecule has 0 amide bonds. The molecule has 1 N–H and O–H groups in total. The van der Waals surface area contributed by atoms with Crippen LogP contribution in [0.15, 0.2) is 30.3 Å². The first-order valence-electron chi connectivity index (χ1n) is 5.06. The van der Waals surface area contributed by atoms with Crippen molar-refractivity contribution in [1.29, 1.82) is 0 Å². The number of fused-ring (bicyclic) bond motifs is 1. The Hall–Kier alpha value is -2.50. The molecule has 0 atom stereocenters. The third-order valence-corrected chi connectivity index (χ3v) is 2.48. The number of H-pyrrole nitrogens is 1. The molecule has 0 spiro atoms. The molecule has 0 bridgehead atoms. The lowest BCUT2D eigenvalue weighted by atomic mass is 10.2. The van der Waals surface area contributed by atoms with Gasteiger partial charge in [0, 0.05) is 5.39 Å². The number of hydrogen-bond donors (Lipinski definition) is 1. The highest BCUT2D eigenvalue weighted by Gasteiger charge is 2.05. The van der Waals surface area contributed by atoms with E-state index in [4.69, 9.17) is 4.74 Å². The molecule has 0 saturated carbocycles. The summed E-state index contributed by atoms with van der Waals surface area (Å²) in [4.78, 5) is 4.46. The molecule has 0 radical (unpaired) electrons. The monoisotopic (exact) mass is 227 g/mol. The van der Waals surface area contributed by atoms with Crippen molar-refractivity contribution in [3.8, 4) is 17.3 Å². The van der Waals surface area contributed by atoms with Crippen LogP contribution in [0.5, 0.6) is 5.75 Å². The van der Waals surface area contributed by atoms with Crippen LogP contribution in [0.1, 0.15) is 0 Å². The molecule has 2 aromatic heterocycles. The van der Waals surface area contributed by atoms with Gasteiger partial charge in [-0.05, 0) is 34.7 Å². The van der Waals surface area contributed by atoms with Crippen LogP contribution < -0.4 is 4.74 Å². The van der Waals surface area contributed by atoms with Gasteiger partial charge in [0.1, 0.15) is 11.4 Å². The van der Waals surface area contributed by atoms with Crippen LogP contribution in [-0.4, -0.2) is 32.7 Å². The van der Waals surface area contributed by atoms with Gasteiger partial charge in [-0.1, -0.05) is 6.07 Å². The predicted octanol–water partition coefficient (Wildman–Crippen LogP) is 1.42. The highest BCUT2D eigenvalue weighted by Crippen LogP contribution is 2.21. The number of methoxy groups -OCH3 is 1. The Morgan fingerprint density at radius 1 is 1.18 bits per heavy atom. The summed E-state index contributed by atoms with van der Waals surface area (Å²) < 4.78 is 5.16. The molecule has 0 aliphatic rings. The average molecular weight is 227 g/mol. The zero-order chi connectivity index (χ0) is 11.7. The zero-order valence-corrected chi connectivity index (χ0v) is 9.08. The highest BCUT2D eigenvalue weighted by molar-refractivity contribution is 5.82. The number of pyridine rings is 1. The van der Waals surface area contributed by atoms with E-state index < -0.39 is 0 Å². The highest BCUT2D eigenvalue weighted by atomic mass is 16.5. The quantitative estimate of drug-likeness (QED) is 0.716. The summed E-state index contributed by atoms with van der Waals surface area (Å²) in [5, 5.41) is 14.6. The van der Waals surface area contributed by atoms with Crippen LogP contribution in [0.4, 0.5) is 0 Å². The van der Waals surface area contributed by atoms with Crippen LogP contribution in [0, 0.1) is 0 Å². The molecule has 0 saturated heterocycles. The van der Waals surface area contributed by atoms with Gasteiger partial charge in [0.2, 0.25) is 0 Å². The van der Waals surface area contributed by atoms with Crippen molar-refractivity contribution in [1.82, 2.24) is 25.6 Å². The van der Waals surface area contributed by atoms with Crippen molar-refractivity contribution < 1.29 is 4.74 Å². The van der Waals surface area contributed by atoms with Crippen molar-refractivity contribution in [3.05, 3.63) is 30.3 Å². The van der Waals surface area contributed by atoms with E-state index in [9.17, 15) is 0 Å². The van der Waals surface area contributed by atoms with Gasteiger partial charge in [0.25, 0.3) is 0 Å². The second-order valence-electron chi connectivity index (χ2n) is 3.50. The maximum atomic E-state index is 5.16. The molecular formula is C11H9N5O. The molecule has 0 fully saturated rings. The van der Waals surface area contributed by atoms with Gasteiger partial charge in [-0.25, -0.2) is 10.1 Å². The first-order chi connectivity index (χ1) is 8.36. The largest absolute Gasteiger partial charge is 0.497 e. The number of nitrogens with zero attached hydrogens (tertiary/aromatic N) is 4. The molecule has 0 unspecified atom stereocenters. The molecule has 3 rings (SSSR count).